The molecule has 4 rings (SSSR count). The molecule has 9 nitrogen and oxygen atoms in total. The van der Waals surface area contributed by atoms with Crippen molar-refractivity contribution in [2.45, 2.75) is 5.92 Å². The molecule has 3 aromatic rings. The van der Waals surface area contributed by atoms with Gasteiger partial charge in [-0.25, -0.2) is 4.98 Å². The van der Waals surface area contributed by atoms with Crippen LogP contribution in [0.25, 0.3) is 0 Å². The van der Waals surface area contributed by atoms with Crippen molar-refractivity contribution in [1.82, 2.24) is 20.5 Å². The third-order valence-electron chi connectivity index (χ3n) is 4.27. The van der Waals surface area contributed by atoms with Gasteiger partial charge in [0.1, 0.15) is 11.5 Å². The zero-order chi connectivity index (χ0) is 22.3. The van der Waals surface area contributed by atoms with Crippen LogP contribution in [0.15, 0.2) is 41.5 Å². The molecule has 4 N–H and O–H groups in total. The first kappa shape index (κ1) is 21.4. The summed E-state index contributed by atoms with van der Waals surface area (Å²) in [6, 6.07) is 9.14. The molecule has 0 aliphatic carbocycles. The number of hydrogen-bond acceptors (Lipinski definition) is 6. The number of H-pyrrole nitrogens is 1. The number of hydrogen-bond donors (Lipinski definition) is 3. The van der Waals surface area contributed by atoms with E-state index in [4.69, 9.17) is 52.1 Å². The second kappa shape index (κ2) is 8.35. The van der Waals surface area contributed by atoms with Gasteiger partial charge in [0.2, 0.25) is 5.28 Å². The van der Waals surface area contributed by atoms with Crippen LogP contribution in [0.1, 0.15) is 22.1 Å². The zero-order valence-corrected chi connectivity index (χ0v) is 18.3. The number of aromatic nitrogens is 3. The van der Waals surface area contributed by atoms with Gasteiger partial charge in [0.25, 0.3) is 11.8 Å². The number of anilines is 2. The number of nitrogens with one attached hydrogen (secondary N) is 2. The predicted molar refractivity (Wildman–Crippen MR) is 119 cm³/mol. The summed E-state index contributed by atoms with van der Waals surface area (Å²) >= 11 is 24.3. The Labute approximate surface area is 195 Å². The SMILES string of the molecule is Nc1cccc(C(=O)NC2=NN(c3c(Cl)cc(Cl)cc3Cl)C(=O)C2c2nc(Cl)n[nH]2)c1. The quantitative estimate of drug-likeness (QED) is 0.472. The van der Waals surface area contributed by atoms with Crippen LogP contribution < -0.4 is 16.1 Å². The van der Waals surface area contributed by atoms with E-state index in [0.717, 1.165) is 5.01 Å². The van der Waals surface area contributed by atoms with Gasteiger partial charge < -0.3 is 11.1 Å². The van der Waals surface area contributed by atoms with E-state index in [0.29, 0.717) is 5.69 Å². The van der Waals surface area contributed by atoms with Gasteiger partial charge in [0.05, 0.1) is 10.0 Å². The molecule has 31 heavy (non-hydrogen) atoms. The Morgan fingerprint density at radius 3 is 2.45 bits per heavy atom. The molecule has 1 aliphatic heterocycles. The Morgan fingerprint density at radius 2 is 1.84 bits per heavy atom. The number of nitrogen functional groups attached to an aromatic ring is 1. The van der Waals surface area contributed by atoms with Gasteiger partial charge in [-0.15, -0.1) is 5.10 Å². The van der Waals surface area contributed by atoms with Crippen LogP contribution in [0.5, 0.6) is 0 Å². The molecule has 2 heterocycles. The maximum Gasteiger partial charge on any atom is 0.266 e. The molecule has 0 saturated heterocycles. The Hall–Kier alpha value is -2.85. The van der Waals surface area contributed by atoms with Crippen LogP contribution in [-0.2, 0) is 4.79 Å². The van der Waals surface area contributed by atoms with Gasteiger partial charge in [-0.3, -0.25) is 14.7 Å². The van der Waals surface area contributed by atoms with E-state index in [-0.39, 0.29) is 43.3 Å². The highest BCUT2D eigenvalue weighted by Crippen LogP contribution is 2.40. The van der Waals surface area contributed by atoms with Crippen molar-refractivity contribution in [3.8, 4) is 0 Å². The Morgan fingerprint density at radius 1 is 1.13 bits per heavy atom. The van der Waals surface area contributed by atoms with Crippen LogP contribution in [0.3, 0.4) is 0 Å². The van der Waals surface area contributed by atoms with Crippen molar-refractivity contribution in [3.05, 3.63) is 68.1 Å². The smallest absolute Gasteiger partial charge is 0.266 e. The fourth-order valence-corrected chi connectivity index (χ4v) is 4.06. The Kier molecular flexibility index (Phi) is 5.76. The number of halogens is 4. The molecular formula is C18H11Cl4N7O2. The van der Waals surface area contributed by atoms with Crippen molar-refractivity contribution in [2.24, 2.45) is 5.10 Å². The lowest BCUT2D eigenvalue weighted by Crippen LogP contribution is -2.36. The number of carbonyl (C=O) groups excluding carboxylic acids is 2. The van der Waals surface area contributed by atoms with Crippen molar-refractivity contribution in [3.63, 3.8) is 0 Å². The fourth-order valence-electron chi connectivity index (χ4n) is 2.95. The molecule has 158 valence electrons. The zero-order valence-electron chi connectivity index (χ0n) is 15.2. The maximum absolute atomic E-state index is 13.2. The number of hydrazone groups is 1. The molecule has 0 spiro atoms. The number of benzene rings is 2. The average Bonchev–Trinajstić information content (AvgIpc) is 3.24. The summed E-state index contributed by atoms with van der Waals surface area (Å²) in [7, 11) is 0. The second-order valence-electron chi connectivity index (χ2n) is 6.36. The van der Waals surface area contributed by atoms with Gasteiger partial charge in [0.15, 0.2) is 11.8 Å². The summed E-state index contributed by atoms with van der Waals surface area (Å²) in [6.45, 7) is 0. The predicted octanol–water partition coefficient (Wildman–Crippen LogP) is 3.87. The summed E-state index contributed by atoms with van der Waals surface area (Å²) in [6.07, 6.45) is 0. The average molecular weight is 499 g/mol. The number of nitrogens with two attached hydrogens (primary N) is 1. The number of carbonyl (C=O) groups is 2. The minimum atomic E-state index is -1.15. The molecule has 13 heteroatoms. The third-order valence-corrected chi connectivity index (χ3v) is 5.23. The highest BCUT2D eigenvalue weighted by Gasteiger charge is 2.42. The minimum Gasteiger partial charge on any atom is -0.399 e. The fraction of sp³-hybridized carbons (Fsp3) is 0.0556. The maximum atomic E-state index is 13.2. The molecule has 0 saturated carbocycles. The Bertz CT molecular complexity index is 1220. The lowest BCUT2D eigenvalue weighted by atomic mass is 10.1. The van der Waals surface area contributed by atoms with E-state index in [1.807, 2.05) is 0 Å². The minimum absolute atomic E-state index is 0.0349. The number of amides is 2. The second-order valence-corrected chi connectivity index (χ2v) is 7.94. The summed E-state index contributed by atoms with van der Waals surface area (Å²) in [5, 5.41) is 14.5. The third kappa shape index (κ3) is 4.17. The van der Waals surface area contributed by atoms with Crippen molar-refractivity contribution >= 4 is 75.4 Å². The first-order valence-corrected chi connectivity index (χ1v) is 10.1. The molecule has 0 bridgehead atoms. The monoisotopic (exact) mass is 497 g/mol. The number of amidine groups is 1. The van der Waals surface area contributed by atoms with Crippen LogP contribution in [0, 0.1) is 0 Å². The van der Waals surface area contributed by atoms with Crippen molar-refractivity contribution in [1.29, 1.82) is 0 Å². The van der Waals surface area contributed by atoms with Crippen LogP contribution in [-0.4, -0.2) is 32.8 Å². The lowest BCUT2D eigenvalue weighted by Gasteiger charge is -2.16. The first-order valence-electron chi connectivity index (χ1n) is 8.56. The number of rotatable bonds is 3. The van der Waals surface area contributed by atoms with Crippen LogP contribution in [0.4, 0.5) is 11.4 Å². The van der Waals surface area contributed by atoms with Gasteiger partial charge in [-0.05, 0) is 41.9 Å². The van der Waals surface area contributed by atoms with E-state index >= 15 is 0 Å². The van der Waals surface area contributed by atoms with Crippen molar-refractivity contribution < 1.29 is 9.59 Å². The van der Waals surface area contributed by atoms with Gasteiger partial charge >= 0.3 is 0 Å². The van der Waals surface area contributed by atoms with E-state index in [1.54, 1.807) is 18.2 Å². The molecular weight excluding hydrogens is 488 g/mol. The summed E-state index contributed by atoms with van der Waals surface area (Å²) in [4.78, 5) is 30.0. The highest BCUT2D eigenvalue weighted by molar-refractivity contribution is 6.43. The summed E-state index contributed by atoms with van der Waals surface area (Å²) < 4.78 is 0. The van der Waals surface area contributed by atoms with Crippen LogP contribution in [0.2, 0.25) is 20.4 Å². The van der Waals surface area contributed by atoms with E-state index < -0.39 is 17.7 Å². The summed E-state index contributed by atoms with van der Waals surface area (Å²) in [5.41, 5.74) is 6.51. The van der Waals surface area contributed by atoms with E-state index in [1.165, 1.54) is 18.2 Å². The molecule has 0 radical (unpaired) electrons. The standard InChI is InChI=1S/C18H11Cl4N7O2/c19-8-5-10(20)13(11(21)6-8)29-17(31)12(14-25-18(22)27-26-14)15(28-29)24-16(30)7-2-1-3-9(23)4-7/h1-6,12H,23H2,(H,24,28,30)(H,25,26,27). The molecule has 1 unspecified atom stereocenters. The summed E-state index contributed by atoms with van der Waals surface area (Å²) in [5.74, 6) is -2.24. The molecule has 2 aromatic carbocycles. The molecule has 1 atom stereocenters. The van der Waals surface area contributed by atoms with Crippen LogP contribution >= 0.6 is 46.4 Å². The number of aromatic amines is 1. The number of nitrogens with zero attached hydrogens (tertiary/aromatic N) is 4. The normalized spacial score (nSPS) is 15.9. The topological polar surface area (TPSA) is 129 Å². The van der Waals surface area contributed by atoms with Gasteiger partial charge in [0, 0.05) is 16.3 Å². The molecule has 1 aliphatic rings. The molecule has 0 fully saturated rings. The largest absolute Gasteiger partial charge is 0.399 e. The van der Waals surface area contributed by atoms with Gasteiger partial charge in [-0.2, -0.15) is 10.1 Å². The molecule has 2 amide bonds. The van der Waals surface area contributed by atoms with Crippen molar-refractivity contribution in [2.75, 3.05) is 10.7 Å². The van der Waals surface area contributed by atoms with E-state index in [2.05, 4.69) is 25.6 Å². The van der Waals surface area contributed by atoms with Gasteiger partial charge in [-0.1, -0.05) is 40.9 Å². The molecule has 1 aromatic heterocycles. The Balaban J connectivity index is 1.76. The van der Waals surface area contributed by atoms with E-state index in [9.17, 15) is 9.59 Å². The highest BCUT2D eigenvalue weighted by atomic mass is 35.5. The lowest BCUT2D eigenvalue weighted by molar-refractivity contribution is -0.118. The first-order chi connectivity index (χ1) is 14.7.